The summed E-state index contributed by atoms with van der Waals surface area (Å²) in [7, 11) is -3.20. The van der Waals surface area contributed by atoms with Crippen LogP contribution in [0.25, 0.3) is 0 Å². The Kier molecular flexibility index (Phi) is 4.55. The minimum Gasteiger partial charge on any atom is -0.444 e. The number of carbonyl (C=O) groups excluding carboxylic acids is 1. The van der Waals surface area contributed by atoms with E-state index in [0.29, 0.717) is 43.0 Å². The van der Waals surface area contributed by atoms with E-state index in [2.05, 4.69) is 15.9 Å². The van der Waals surface area contributed by atoms with Crippen molar-refractivity contribution in [3.63, 3.8) is 0 Å². The number of sulfonamides is 1. The molecule has 0 aromatic carbocycles. The van der Waals surface area contributed by atoms with Gasteiger partial charge >= 0.3 is 0 Å². The van der Waals surface area contributed by atoms with Gasteiger partial charge in [-0.15, -0.1) is 0 Å². The molecule has 0 aliphatic carbocycles. The quantitative estimate of drug-likeness (QED) is 0.796. The van der Waals surface area contributed by atoms with Crippen molar-refractivity contribution in [3.8, 4) is 0 Å². The lowest BCUT2D eigenvalue weighted by atomic mass is 10.2. The number of carbonyl (C=O) groups is 1. The highest BCUT2D eigenvalue weighted by Crippen LogP contribution is 2.21. The SMILES string of the molecule is Cc1cc(Br)oc1C(=O)N1CCCN(S(C)(=O)=O)CC1. The van der Waals surface area contributed by atoms with Gasteiger partial charge in [0.2, 0.25) is 10.0 Å². The van der Waals surface area contributed by atoms with Crippen molar-refractivity contribution in [1.82, 2.24) is 9.21 Å². The summed E-state index contributed by atoms with van der Waals surface area (Å²) >= 11 is 3.20. The lowest BCUT2D eigenvalue weighted by molar-refractivity contribution is 0.0730. The highest BCUT2D eigenvalue weighted by Gasteiger charge is 2.26. The minimum absolute atomic E-state index is 0.191. The smallest absolute Gasteiger partial charge is 0.289 e. The Morgan fingerprint density at radius 1 is 1.30 bits per heavy atom. The molecule has 20 heavy (non-hydrogen) atoms. The molecule has 8 heteroatoms. The molecule has 1 amide bonds. The lowest BCUT2D eigenvalue weighted by Gasteiger charge is -2.20. The molecule has 112 valence electrons. The van der Waals surface area contributed by atoms with E-state index in [4.69, 9.17) is 4.42 Å². The van der Waals surface area contributed by atoms with Gasteiger partial charge in [0.05, 0.1) is 6.26 Å². The Bertz CT molecular complexity index is 611. The van der Waals surface area contributed by atoms with E-state index in [-0.39, 0.29) is 5.91 Å². The fourth-order valence-electron chi connectivity index (χ4n) is 2.23. The van der Waals surface area contributed by atoms with Crippen molar-refractivity contribution in [2.75, 3.05) is 32.4 Å². The predicted octanol–water partition coefficient (Wildman–Crippen LogP) is 1.46. The third kappa shape index (κ3) is 3.42. The van der Waals surface area contributed by atoms with Crippen molar-refractivity contribution in [2.45, 2.75) is 13.3 Å². The zero-order valence-corrected chi connectivity index (χ0v) is 13.8. The monoisotopic (exact) mass is 364 g/mol. The van der Waals surface area contributed by atoms with Gasteiger partial charge in [0.15, 0.2) is 10.4 Å². The third-order valence-corrected chi connectivity index (χ3v) is 4.99. The van der Waals surface area contributed by atoms with Gasteiger partial charge in [-0.2, -0.15) is 0 Å². The van der Waals surface area contributed by atoms with Crippen LogP contribution in [0.3, 0.4) is 0 Å². The lowest BCUT2D eigenvalue weighted by Crippen LogP contribution is -2.37. The van der Waals surface area contributed by atoms with E-state index in [1.54, 1.807) is 11.0 Å². The first-order valence-corrected chi connectivity index (χ1v) is 8.93. The van der Waals surface area contributed by atoms with Crippen LogP contribution in [0.1, 0.15) is 22.5 Å². The van der Waals surface area contributed by atoms with Crippen LogP contribution in [0.4, 0.5) is 0 Å². The van der Waals surface area contributed by atoms with E-state index >= 15 is 0 Å². The van der Waals surface area contributed by atoms with Crippen LogP contribution in [0.15, 0.2) is 15.2 Å². The molecule has 0 saturated carbocycles. The van der Waals surface area contributed by atoms with Crippen molar-refractivity contribution < 1.29 is 17.6 Å². The molecule has 0 unspecified atom stereocenters. The van der Waals surface area contributed by atoms with Crippen LogP contribution < -0.4 is 0 Å². The highest BCUT2D eigenvalue weighted by atomic mass is 79.9. The Hall–Kier alpha value is -0.860. The fourth-order valence-corrected chi connectivity index (χ4v) is 3.61. The summed E-state index contributed by atoms with van der Waals surface area (Å²) in [6.07, 6.45) is 1.82. The molecule has 6 nitrogen and oxygen atoms in total. The highest BCUT2D eigenvalue weighted by molar-refractivity contribution is 9.10. The molecular formula is C12H17BrN2O4S. The first-order valence-electron chi connectivity index (χ1n) is 6.29. The number of halogens is 1. The third-order valence-electron chi connectivity index (χ3n) is 3.29. The van der Waals surface area contributed by atoms with E-state index in [1.807, 2.05) is 6.92 Å². The normalized spacial score (nSPS) is 18.1. The second-order valence-electron chi connectivity index (χ2n) is 4.87. The Labute approximate surface area is 126 Å². The maximum absolute atomic E-state index is 12.4. The van der Waals surface area contributed by atoms with Gasteiger partial charge < -0.3 is 9.32 Å². The average molecular weight is 365 g/mol. The molecule has 1 aromatic rings. The Balaban J connectivity index is 2.11. The number of rotatable bonds is 2. The molecule has 1 aromatic heterocycles. The fraction of sp³-hybridized carbons (Fsp3) is 0.583. The summed E-state index contributed by atoms with van der Waals surface area (Å²) in [5, 5.41) is 0. The molecule has 0 N–H and O–H groups in total. The van der Waals surface area contributed by atoms with Gasteiger partial charge in [-0.3, -0.25) is 4.79 Å². The second-order valence-corrected chi connectivity index (χ2v) is 7.63. The van der Waals surface area contributed by atoms with E-state index in [9.17, 15) is 13.2 Å². The Morgan fingerprint density at radius 3 is 2.55 bits per heavy atom. The molecule has 0 bridgehead atoms. The zero-order valence-electron chi connectivity index (χ0n) is 11.4. The van der Waals surface area contributed by atoms with E-state index < -0.39 is 10.0 Å². The van der Waals surface area contributed by atoms with Crippen LogP contribution >= 0.6 is 15.9 Å². The van der Waals surface area contributed by atoms with Crippen molar-refractivity contribution in [2.24, 2.45) is 0 Å². The number of nitrogens with zero attached hydrogens (tertiary/aromatic N) is 2. The van der Waals surface area contributed by atoms with Gasteiger partial charge in [0.1, 0.15) is 0 Å². The maximum atomic E-state index is 12.4. The summed E-state index contributed by atoms with van der Waals surface area (Å²) < 4.78 is 30.4. The summed E-state index contributed by atoms with van der Waals surface area (Å²) in [6.45, 7) is 3.49. The number of hydrogen-bond acceptors (Lipinski definition) is 4. The molecule has 1 aliphatic heterocycles. The number of hydrogen-bond donors (Lipinski definition) is 0. The minimum atomic E-state index is -3.20. The van der Waals surface area contributed by atoms with E-state index in [1.165, 1.54) is 10.6 Å². The topological polar surface area (TPSA) is 70.8 Å². The zero-order chi connectivity index (χ0) is 14.9. The maximum Gasteiger partial charge on any atom is 0.289 e. The van der Waals surface area contributed by atoms with Crippen molar-refractivity contribution in [1.29, 1.82) is 0 Å². The molecule has 1 fully saturated rings. The first kappa shape index (κ1) is 15.5. The van der Waals surface area contributed by atoms with Gasteiger partial charge in [-0.05, 0) is 35.3 Å². The number of amides is 1. The summed E-state index contributed by atoms with van der Waals surface area (Å²) in [5.74, 6) is 0.119. The summed E-state index contributed by atoms with van der Waals surface area (Å²) in [4.78, 5) is 14.0. The van der Waals surface area contributed by atoms with Crippen LogP contribution in [-0.4, -0.2) is 56.0 Å². The predicted molar refractivity (Wildman–Crippen MR) is 78.1 cm³/mol. The largest absolute Gasteiger partial charge is 0.444 e. The standard InChI is InChI=1S/C12H17BrN2O4S/c1-9-8-10(13)19-11(9)12(16)14-4-3-5-15(7-6-14)20(2,17)18/h8H,3-7H2,1-2H3. The number of aryl methyl sites for hydroxylation is 1. The molecule has 1 saturated heterocycles. The average Bonchev–Trinajstić information content (AvgIpc) is 2.56. The molecular weight excluding hydrogens is 348 g/mol. The van der Waals surface area contributed by atoms with Gasteiger partial charge in [-0.25, -0.2) is 12.7 Å². The molecule has 1 aliphatic rings. The van der Waals surface area contributed by atoms with Gasteiger partial charge in [-0.1, -0.05) is 0 Å². The van der Waals surface area contributed by atoms with Crippen molar-refractivity contribution >= 4 is 31.9 Å². The van der Waals surface area contributed by atoms with E-state index in [0.717, 1.165) is 5.56 Å². The Morgan fingerprint density at radius 2 is 2.00 bits per heavy atom. The molecule has 0 radical (unpaired) electrons. The first-order chi connectivity index (χ1) is 9.29. The number of furan rings is 1. The van der Waals surface area contributed by atoms with Crippen LogP contribution in [-0.2, 0) is 10.0 Å². The molecule has 0 spiro atoms. The molecule has 2 rings (SSSR count). The summed E-state index contributed by atoms with van der Waals surface area (Å²) in [6, 6.07) is 1.74. The second kappa shape index (κ2) is 5.87. The summed E-state index contributed by atoms with van der Waals surface area (Å²) in [5.41, 5.74) is 0.770. The van der Waals surface area contributed by atoms with Crippen molar-refractivity contribution in [3.05, 3.63) is 22.1 Å². The van der Waals surface area contributed by atoms with Gasteiger partial charge in [0, 0.05) is 31.7 Å². The van der Waals surface area contributed by atoms with Crippen LogP contribution in [0.2, 0.25) is 0 Å². The van der Waals surface area contributed by atoms with Crippen LogP contribution in [0.5, 0.6) is 0 Å². The molecule has 2 heterocycles. The molecule has 0 atom stereocenters. The van der Waals surface area contributed by atoms with Gasteiger partial charge in [0.25, 0.3) is 5.91 Å². The van der Waals surface area contributed by atoms with Crippen LogP contribution in [0, 0.1) is 6.92 Å².